The molecule has 1 rings (SSSR count). The third-order valence-electron chi connectivity index (χ3n) is 2.48. The van der Waals surface area contributed by atoms with Crippen molar-refractivity contribution >= 4 is 27.4 Å². The standard InChI is InChI=1S/C11H16ClNO5S/c1-7-3-9(13-6-8(14)5-12)10(18-2)4-11(7)19(15,16)17/h3-4,8,13-14H,5-6H2,1-2H3,(H,15,16,17). The maximum atomic E-state index is 11.2. The normalized spacial score (nSPS) is 13.1. The van der Waals surface area contributed by atoms with E-state index in [0.717, 1.165) is 0 Å². The van der Waals surface area contributed by atoms with E-state index < -0.39 is 16.2 Å². The lowest BCUT2D eigenvalue weighted by Gasteiger charge is -2.15. The molecule has 1 atom stereocenters. The van der Waals surface area contributed by atoms with Crippen molar-refractivity contribution in [2.45, 2.75) is 17.9 Å². The van der Waals surface area contributed by atoms with Gasteiger partial charge in [-0.15, -0.1) is 11.6 Å². The number of hydrogen-bond donors (Lipinski definition) is 3. The van der Waals surface area contributed by atoms with Crippen LogP contribution in [-0.2, 0) is 10.1 Å². The fourth-order valence-electron chi connectivity index (χ4n) is 1.54. The lowest BCUT2D eigenvalue weighted by atomic mass is 10.2. The largest absolute Gasteiger partial charge is 0.495 e. The number of alkyl halides is 1. The minimum absolute atomic E-state index is 0.0808. The number of aliphatic hydroxyl groups excluding tert-OH is 1. The van der Waals surface area contributed by atoms with E-state index in [0.29, 0.717) is 11.3 Å². The second kappa shape index (κ2) is 6.42. The predicted octanol–water partition coefficient (Wildman–Crippen LogP) is 1.26. The summed E-state index contributed by atoms with van der Waals surface area (Å²) in [5.74, 6) is 0.331. The number of nitrogens with one attached hydrogen (secondary N) is 1. The van der Waals surface area contributed by atoms with E-state index >= 15 is 0 Å². The molecule has 0 bridgehead atoms. The number of aliphatic hydroxyl groups is 1. The smallest absolute Gasteiger partial charge is 0.294 e. The molecular formula is C11H16ClNO5S. The van der Waals surface area contributed by atoms with E-state index in [2.05, 4.69) is 5.32 Å². The Labute approximate surface area is 117 Å². The van der Waals surface area contributed by atoms with E-state index in [1.807, 2.05) is 0 Å². The van der Waals surface area contributed by atoms with Crippen LogP contribution in [0.1, 0.15) is 5.56 Å². The van der Waals surface area contributed by atoms with E-state index in [1.54, 1.807) is 6.92 Å². The molecule has 0 aliphatic carbocycles. The number of methoxy groups -OCH3 is 1. The van der Waals surface area contributed by atoms with Gasteiger partial charge in [0.15, 0.2) is 0 Å². The molecule has 19 heavy (non-hydrogen) atoms. The number of aryl methyl sites for hydroxylation is 1. The summed E-state index contributed by atoms with van der Waals surface area (Å²) in [5.41, 5.74) is 0.878. The first-order valence-corrected chi connectivity index (χ1v) is 7.41. The molecule has 1 aromatic carbocycles. The van der Waals surface area contributed by atoms with E-state index in [1.165, 1.54) is 19.2 Å². The molecular weight excluding hydrogens is 294 g/mol. The molecule has 8 heteroatoms. The summed E-state index contributed by atoms with van der Waals surface area (Å²) in [5, 5.41) is 12.3. The van der Waals surface area contributed by atoms with Gasteiger partial charge >= 0.3 is 0 Å². The van der Waals surface area contributed by atoms with Crippen molar-refractivity contribution in [3.8, 4) is 5.75 Å². The summed E-state index contributed by atoms with van der Waals surface area (Å²) in [6, 6.07) is 2.74. The van der Waals surface area contributed by atoms with E-state index in [-0.39, 0.29) is 23.1 Å². The highest BCUT2D eigenvalue weighted by Gasteiger charge is 2.17. The molecule has 0 aromatic heterocycles. The van der Waals surface area contributed by atoms with Gasteiger partial charge in [0, 0.05) is 12.6 Å². The predicted molar refractivity (Wildman–Crippen MR) is 72.8 cm³/mol. The molecule has 1 aromatic rings. The average Bonchev–Trinajstić information content (AvgIpc) is 2.34. The second-order valence-electron chi connectivity index (χ2n) is 3.98. The van der Waals surface area contributed by atoms with Crippen LogP contribution in [0.5, 0.6) is 5.75 Å². The Kier molecular flexibility index (Phi) is 5.42. The Hall–Kier alpha value is -1.02. The zero-order chi connectivity index (χ0) is 14.6. The van der Waals surface area contributed by atoms with Gasteiger partial charge in [-0.1, -0.05) is 0 Å². The Bertz CT molecular complexity index is 546. The minimum Gasteiger partial charge on any atom is -0.495 e. The molecule has 0 aliphatic rings. The van der Waals surface area contributed by atoms with Gasteiger partial charge in [0.25, 0.3) is 10.1 Å². The third kappa shape index (κ3) is 4.24. The van der Waals surface area contributed by atoms with Crippen LogP contribution in [0.3, 0.4) is 0 Å². The zero-order valence-corrected chi connectivity index (χ0v) is 12.1. The molecule has 6 nitrogen and oxygen atoms in total. The minimum atomic E-state index is -4.30. The summed E-state index contributed by atoms with van der Waals surface area (Å²) >= 11 is 5.47. The monoisotopic (exact) mass is 309 g/mol. The van der Waals surface area contributed by atoms with Gasteiger partial charge in [0.2, 0.25) is 0 Å². The number of hydrogen-bond acceptors (Lipinski definition) is 5. The van der Waals surface area contributed by atoms with Crippen molar-refractivity contribution in [1.82, 2.24) is 0 Å². The molecule has 0 heterocycles. The molecule has 0 radical (unpaired) electrons. The topological polar surface area (TPSA) is 95.9 Å². The Morgan fingerprint density at radius 3 is 2.58 bits per heavy atom. The first-order chi connectivity index (χ1) is 8.79. The highest BCUT2D eigenvalue weighted by molar-refractivity contribution is 7.85. The summed E-state index contributed by atoms with van der Waals surface area (Å²) in [6.45, 7) is 1.75. The summed E-state index contributed by atoms with van der Waals surface area (Å²) in [7, 11) is -2.92. The van der Waals surface area contributed by atoms with Gasteiger partial charge in [-0.2, -0.15) is 8.42 Å². The van der Waals surface area contributed by atoms with E-state index in [9.17, 15) is 13.5 Å². The average molecular weight is 310 g/mol. The highest BCUT2D eigenvalue weighted by atomic mass is 35.5. The van der Waals surface area contributed by atoms with Crippen LogP contribution in [0.2, 0.25) is 0 Å². The molecule has 0 amide bonds. The lowest BCUT2D eigenvalue weighted by Crippen LogP contribution is -2.21. The van der Waals surface area contributed by atoms with Gasteiger partial charge in [0.1, 0.15) is 10.6 Å². The van der Waals surface area contributed by atoms with Crippen LogP contribution >= 0.6 is 11.6 Å². The Morgan fingerprint density at radius 1 is 1.47 bits per heavy atom. The van der Waals surface area contributed by atoms with Crippen LogP contribution in [0.25, 0.3) is 0 Å². The van der Waals surface area contributed by atoms with Gasteiger partial charge < -0.3 is 15.2 Å². The van der Waals surface area contributed by atoms with Crippen molar-refractivity contribution in [3.63, 3.8) is 0 Å². The van der Waals surface area contributed by atoms with Crippen LogP contribution in [0.15, 0.2) is 17.0 Å². The fraction of sp³-hybridized carbons (Fsp3) is 0.455. The number of halogens is 1. The van der Waals surface area contributed by atoms with Gasteiger partial charge in [-0.05, 0) is 18.6 Å². The summed E-state index contributed by atoms with van der Waals surface area (Å²) < 4.78 is 36.5. The summed E-state index contributed by atoms with van der Waals surface area (Å²) in [4.78, 5) is -0.215. The summed E-state index contributed by atoms with van der Waals surface area (Å²) in [6.07, 6.45) is -0.729. The van der Waals surface area contributed by atoms with Gasteiger partial charge in [-0.25, -0.2) is 0 Å². The van der Waals surface area contributed by atoms with Crippen molar-refractivity contribution in [3.05, 3.63) is 17.7 Å². The van der Waals surface area contributed by atoms with Crippen LogP contribution in [0, 0.1) is 6.92 Å². The second-order valence-corrected chi connectivity index (χ2v) is 5.68. The zero-order valence-electron chi connectivity index (χ0n) is 10.6. The van der Waals surface area contributed by atoms with Crippen LogP contribution < -0.4 is 10.1 Å². The van der Waals surface area contributed by atoms with Crippen molar-refractivity contribution in [2.75, 3.05) is 24.9 Å². The number of anilines is 1. The SMILES string of the molecule is COc1cc(S(=O)(=O)O)c(C)cc1NCC(O)CCl. The highest BCUT2D eigenvalue weighted by Crippen LogP contribution is 2.30. The quantitative estimate of drug-likeness (QED) is 0.541. The first kappa shape index (κ1) is 16.0. The maximum Gasteiger partial charge on any atom is 0.294 e. The lowest BCUT2D eigenvalue weighted by molar-refractivity contribution is 0.211. The Balaban J connectivity index is 3.11. The van der Waals surface area contributed by atoms with Gasteiger partial charge in [0.05, 0.1) is 24.8 Å². The van der Waals surface area contributed by atoms with Crippen LogP contribution in [-0.4, -0.2) is 43.7 Å². The van der Waals surface area contributed by atoms with Crippen molar-refractivity contribution in [2.24, 2.45) is 0 Å². The molecule has 0 saturated heterocycles. The van der Waals surface area contributed by atoms with Crippen LogP contribution in [0.4, 0.5) is 5.69 Å². The van der Waals surface area contributed by atoms with Crippen molar-refractivity contribution in [1.29, 1.82) is 0 Å². The Morgan fingerprint density at radius 2 is 2.11 bits per heavy atom. The molecule has 0 aliphatic heterocycles. The molecule has 0 fully saturated rings. The molecule has 1 unspecified atom stereocenters. The molecule has 108 valence electrons. The number of benzene rings is 1. The fourth-order valence-corrected chi connectivity index (χ4v) is 2.37. The molecule has 0 spiro atoms. The van der Waals surface area contributed by atoms with Crippen molar-refractivity contribution < 1.29 is 22.8 Å². The molecule has 0 saturated carbocycles. The number of rotatable bonds is 6. The number of ether oxygens (including phenoxy) is 1. The molecule has 3 N–H and O–H groups in total. The maximum absolute atomic E-state index is 11.2. The first-order valence-electron chi connectivity index (χ1n) is 5.43. The third-order valence-corrected chi connectivity index (χ3v) is 3.83. The van der Waals surface area contributed by atoms with E-state index in [4.69, 9.17) is 20.9 Å². The van der Waals surface area contributed by atoms with Gasteiger partial charge in [-0.3, -0.25) is 4.55 Å².